The topological polar surface area (TPSA) is 57.5 Å². The zero-order valence-electron chi connectivity index (χ0n) is 11.3. The molecule has 2 rings (SSSR count). The first-order chi connectivity index (χ1) is 9.23. The Hall–Kier alpha value is -1.65. The van der Waals surface area contributed by atoms with Crippen LogP contribution in [0, 0.1) is 0 Å². The van der Waals surface area contributed by atoms with Gasteiger partial charge in [-0.25, -0.2) is 4.79 Å². The molecule has 1 saturated heterocycles. The van der Waals surface area contributed by atoms with Gasteiger partial charge in [0.25, 0.3) is 0 Å². The smallest absolute Gasteiger partial charge is 0.330 e. The van der Waals surface area contributed by atoms with Crippen molar-refractivity contribution in [2.45, 2.75) is 25.1 Å². The van der Waals surface area contributed by atoms with Crippen LogP contribution in [0.25, 0.3) is 0 Å². The molecule has 0 aliphatic carbocycles. The molecule has 0 amide bonds. The lowest BCUT2D eigenvalue weighted by Gasteiger charge is -2.12. The van der Waals surface area contributed by atoms with E-state index in [1.807, 2.05) is 49.4 Å². The van der Waals surface area contributed by atoms with Crippen LogP contribution in [0.5, 0.6) is 0 Å². The van der Waals surface area contributed by atoms with Gasteiger partial charge in [-0.3, -0.25) is 5.32 Å². The molecular formula is C15H19NO3. The molecule has 0 saturated carbocycles. The van der Waals surface area contributed by atoms with E-state index in [2.05, 4.69) is 5.32 Å². The first-order valence-corrected chi connectivity index (χ1v) is 6.33. The third-order valence-electron chi connectivity index (χ3n) is 3.24. The maximum absolute atomic E-state index is 11.8. The van der Waals surface area contributed by atoms with Crippen LogP contribution in [0.4, 0.5) is 0 Å². The Morgan fingerprint density at radius 1 is 1.42 bits per heavy atom. The summed E-state index contributed by atoms with van der Waals surface area (Å²) in [5.74, 6) is -0.274. The van der Waals surface area contributed by atoms with Gasteiger partial charge in [-0.2, -0.15) is 0 Å². The predicted octanol–water partition coefficient (Wildman–Crippen LogP) is 1.66. The molecule has 102 valence electrons. The minimum atomic E-state index is -0.712. The highest BCUT2D eigenvalue weighted by molar-refractivity contribution is 5.86. The molecule has 1 aromatic carbocycles. The van der Waals surface area contributed by atoms with Gasteiger partial charge in [-0.1, -0.05) is 42.5 Å². The number of esters is 1. The quantitative estimate of drug-likeness (QED) is 0.481. The van der Waals surface area contributed by atoms with Crippen LogP contribution in [0.15, 0.2) is 42.5 Å². The highest BCUT2D eigenvalue weighted by atomic mass is 16.5. The Labute approximate surface area is 113 Å². The summed E-state index contributed by atoms with van der Waals surface area (Å²) >= 11 is 0. The summed E-state index contributed by atoms with van der Waals surface area (Å²) in [5, 5.41) is 3.13. The lowest BCUT2D eigenvalue weighted by molar-refractivity contribution is -0.145. The number of ether oxygens (including phenoxy) is 2. The fourth-order valence-electron chi connectivity index (χ4n) is 2.10. The Bertz CT molecular complexity index is 458. The van der Waals surface area contributed by atoms with Crippen molar-refractivity contribution in [3.8, 4) is 0 Å². The van der Waals surface area contributed by atoms with Crippen molar-refractivity contribution in [2.24, 2.45) is 0 Å². The number of benzene rings is 1. The van der Waals surface area contributed by atoms with Crippen molar-refractivity contribution in [3.63, 3.8) is 0 Å². The van der Waals surface area contributed by atoms with Crippen molar-refractivity contribution in [1.82, 2.24) is 5.32 Å². The van der Waals surface area contributed by atoms with E-state index in [1.165, 1.54) is 7.11 Å². The number of hydrogen-bond acceptors (Lipinski definition) is 4. The molecule has 4 nitrogen and oxygen atoms in total. The van der Waals surface area contributed by atoms with Gasteiger partial charge >= 0.3 is 5.97 Å². The summed E-state index contributed by atoms with van der Waals surface area (Å²) in [7, 11) is 1.40. The van der Waals surface area contributed by atoms with E-state index in [1.54, 1.807) is 0 Å². The van der Waals surface area contributed by atoms with Crippen LogP contribution in [-0.4, -0.2) is 31.3 Å². The SMILES string of the molecule is C/C=C/[C@@H]1N[C@]1(COCc1ccccc1)C(=O)OC. The second kappa shape index (κ2) is 5.99. The molecule has 0 bridgehead atoms. The first-order valence-electron chi connectivity index (χ1n) is 6.33. The van der Waals surface area contributed by atoms with E-state index in [9.17, 15) is 4.79 Å². The summed E-state index contributed by atoms with van der Waals surface area (Å²) in [6, 6.07) is 9.88. The van der Waals surface area contributed by atoms with Crippen LogP contribution in [-0.2, 0) is 20.9 Å². The molecule has 0 unspecified atom stereocenters. The minimum Gasteiger partial charge on any atom is -0.468 e. The number of carbonyl (C=O) groups is 1. The lowest BCUT2D eigenvalue weighted by atomic mass is 10.1. The van der Waals surface area contributed by atoms with E-state index >= 15 is 0 Å². The maximum atomic E-state index is 11.8. The maximum Gasteiger partial charge on any atom is 0.330 e. The monoisotopic (exact) mass is 261 g/mol. The number of nitrogens with one attached hydrogen (secondary N) is 1. The van der Waals surface area contributed by atoms with Gasteiger partial charge in [-0.15, -0.1) is 0 Å². The van der Waals surface area contributed by atoms with E-state index in [0.29, 0.717) is 13.2 Å². The van der Waals surface area contributed by atoms with Crippen LogP contribution in [0.2, 0.25) is 0 Å². The van der Waals surface area contributed by atoms with Crippen molar-refractivity contribution >= 4 is 5.97 Å². The molecule has 0 radical (unpaired) electrons. The standard InChI is InChI=1S/C15H19NO3/c1-3-7-13-15(16-13,14(17)18-2)11-19-10-12-8-5-4-6-9-12/h3-9,13,16H,10-11H2,1-2H3/b7-3+/t13-,15-/m0/s1. The molecule has 1 aliphatic rings. The highest BCUT2D eigenvalue weighted by Crippen LogP contribution is 2.30. The third-order valence-corrected chi connectivity index (χ3v) is 3.24. The Morgan fingerprint density at radius 3 is 2.79 bits per heavy atom. The second-order valence-electron chi connectivity index (χ2n) is 4.59. The van der Waals surface area contributed by atoms with Gasteiger partial charge in [0, 0.05) is 0 Å². The van der Waals surface area contributed by atoms with E-state index in [-0.39, 0.29) is 12.0 Å². The summed E-state index contributed by atoms with van der Waals surface area (Å²) in [4.78, 5) is 11.8. The fourth-order valence-corrected chi connectivity index (χ4v) is 2.10. The molecule has 0 spiro atoms. The third kappa shape index (κ3) is 3.03. The van der Waals surface area contributed by atoms with Gasteiger partial charge < -0.3 is 9.47 Å². The number of allylic oxidation sites excluding steroid dienone is 1. The van der Waals surface area contributed by atoms with Gasteiger partial charge in [-0.05, 0) is 12.5 Å². The van der Waals surface area contributed by atoms with Crippen LogP contribution < -0.4 is 5.32 Å². The number of rotatable bonds is 6. The van der Waals surface area contributed by atoms with Crippen LogP contribution in [0.1, 0.15) is 12.5 Å². The first kappa shape index (κ1) is 13.8. The minimum absolute atomic E-state index is 0.000670. The zero-order chi connectivity index (χ0) is 13.7. The molecule has 4 heteroatoms. The Kier molecular flexibility index (Phi) is 4.35. The normalized spacial score (nSPS) is 25.5. The molecule has 1 fully saturated rings. The molecule has 1 heterocycles. The highest BCUT2D eigenvalue weighted by Gasteiger charge is 2.59. The Balaban J connectivity index is 1.90. The van der Waals surface area contributed by atoms with Gasteiger partial charge in [0.05, 0.1) is 26.4 Å². The van der Waals surface area contributed by atoms with Gasteiger partial charge in [0.2, 0.25) is 0 Å². The number of hydrogen-bond donors (Lipinski definition) is 1. The summed E-state index contributed by atoms with van der Waals surface area (Å²) in [5.41, 5.74) is 0.376. The molecule has 2 atom stereocenters. The van der Waals surface area contributed by atoms with E-state index < -0.39 is 5.54 Å². The number of methoxy groups -OCH3 is 1. The predicted molar refractivity (Wildman–Crippen MR) is 72.6 cm³/mol. The molecular weight excluding hydrogens is 242 g/mol. The van der Waals surface area contributed by atoms with Crippen molar-refractivity contribution in [1.29, 1.82) is 0 Å². The largest absolute Gasteiger partial charge is 0.468 e. The summed E-state index contributed by atoms with van der Waals surface area (Å²) in [6.45, 7) is 2.72. The van der Waals surface area contributed by atoms with Gasteiger partial charge in [0.1, 0.15) is 0 Å². The van der Waals surface area contributed by atoms with Crippen molar-refractivity contribution < 1.29 is 14.3 Å². The van der Waals surface area contributed by atoms with Gasteiger partial charge in [0.15, 0.2) is 5.54 Å². The molecule has 1 aromatic rings. The van der Waals surface area contributed by atoms with Crippen molar-refractivity contribution in [2.75, 3.05) is 13.7 Å². The lowest BCUT2D eigenvalue weighted by Crippen LogP contribution is -2.35. The number of carbonyl (C=O) groups excluding carboxylic acids is 1. The van der Waals surface area contributed by atoms with E-state index in [4.69, 9.17) is 9.47 Å². The molecule has 1 N–H and O–H groups in total. The molecule has 19 heavy (non-hydrogen) atoms. The van der Waals surface area contributed by atoms with E-state index in [0.717, 1.165) is 5.56 Å². The fraction of sp³-hybridized carbons (Fsp3) is 0.400. The average molecular weight is 261 g/mol. The summed E-state index contributed by atoms with van der Waals surface area (Å²) < 4.78 is 10.5. The summed E-state index contributed by atoms with van der Waals surface area (Å²) in [6.07, 6.45) is 3.86. The van der Waals surface area contributed by atoms with Crippen LogP contribution >= 0.6 is 0 Å². The van der Waals surface area contributed by atoms with Crippen LogP contribution in [0.3, 0.4) is 0 Å². The van der Waals surface area contributed by atoms with Crippen molar-refractivity contribution in [3.05, 3.63) is 48.0 Å². The Morgan fingerprint density at radius 2 is 2.16 bits per heavy atom. The molecule has 0 aromatic heterocycles. The molecule has 1 aliphatic heterocycles. The second-order valence-corrected chi connectivity index (χ2v) is 4.59. The average Bonchev–Trinajstić information content (AvgIpc) is 3.14. The zero-order valence-corrected chi connectivity index (χ0v) is 11.3.